The van der Waals surface area contributed by atoms with Gasteiger partial charge in [-0.2, -0.15) is 0 Å². The lowest BCUT2D eigenvalue weighted by molar-refractivity contribution is -0.164. The van der Waals surface area contributed by atoms with Crippen LogP contribution in [0.3, 0.4) is 0 Å². The summed E-state index contributed by atoms with van der Waals surface area (Å²) in [7, 11) is 0. The van der Waals surface area contributed by atoms with E-state index in [1.807, 2.05) is 0 Å². The van der Waals surface area contributed by atoms with E-state index in [4.69, 9.17) is 26.8 Å². The molecule has 0 saturated carbocycles. The smallest absolute Gasteiger partial charge is 0.310 e. The average molecular weight is 463 g/mol. The van der Waals surface area contributed by atoms with Crippen molar-refractivity contribution in [2.45, 2.75) is 38.6 Å². The monoisotopic (exact) mass is 462 g/mol. The van der Waals surface area contributed by atoms with Crippen molar-refractivity contribution in [2.24, 2.45) is 0 Å². The number of rotatable bonds is 7. The Labute approximate surface area is 188 Å². The molecule has 0 bridgehead atoms. The fourth-order valence-corrected chi connectivity index (χ4v) is 3.35. The Morgan fingerprint density at radius 2 is 2.09 bits per heavy atom. The number of aromatic nitrogens is 1. The number of cyclic esters (lactones) is 1. The number of hydrogen-bond acceptors (Lipinski definition) is 7. The first-order chi connectivity index (χ1) is 15.2. The lowest BCUT2D eigenvalue weighted by atomic mass is 10.2. The van der Waals surface area contributed by atoms with Gasteiger partial charge in [-0.3, -0.25) is 19.2 Å². The Bertz CT molecular complexity index is 1100. The third-order valence-corrected chi connectivity index (χ3v) is 5.23. The van der Waals surface area contributed by atoms with Crippen molar-refractivity contribution in [1.29, 1.82) is 0 Å². The van der Waals surface area contributed by atoms with Crippen LogP contribution in [0.4, 0.5) is 11.4 Å². The maximum atomic E-state index is 12.9. The molecule has 170 valence electrons. The Kier molecular flexibility index (Phi) is 7.16. The second kappa shape index (κ2) is 9.84. The highest BCUT2D eigenvalue weighted by molar-refractivity contribution is 6.33. The minimum Gasteiger partial charge on any atom is -0.433 e. The second-order valence-electron chi connectivity index (χ2n) is 7.13. The number of esters is 1. The highest BCUT2D eigenvalue weighted by Gasteiger charge is 2.37. The molecule has 0 unspecified atom stereocenters. The molecule has 2 aromatic rings. The van der Waals surface area contributed by atoms with Gasteiger partial charge in [0.2, 0.25) is 12.2 Å². The van der Waals surface area contributed by atoms with Gasteiger partial charge in [0.05, 0.1) is 17.1 Å². The average Bonchev–Trinajstić information content (AvgIpc) is 3.09. The van der Waals surface area contributed by atoms with Crippen LogP contribution in [0.1, 0.15) is 36.7 Å². The van der Waals surface area contributed by atoms with E-state index < -0.39 is 41.7 Å². The molecule has 1 fully saturated rings. The number of halogens is 1. The van der Waals surface area contributed by atoms with Gasteiger partial charge in [-0.25, -0.2) is 0 Å². The first-order valence-electron chi connectivity index (χ1n) is 9.90. The van der Waals surface area contributed by atoms with E-state index in [1.54, 1.807) is 6.92 Å². The predicted molar refractivity (Wildman–Crippen MR) is 117 cm³/mol. The van der Waals surface area contributed by atoms with Crippen LogP contribution in [0.15, 0.2) is 41.3 Å². The number of benzene rings is 1. The first kappa shape index (κ1) is 23.3. The Hall–Kier alpha value is -3.37. The van der Waals surface area contributed by atoms with E-state index in [0.29, 0.717) is 12.3 Å². The number of nitrogens with one attached hydrogen (secondary N) is 2. The molecule has 11 heteroatoms. The quantitative estimate of drug-likeness (QED) is 0.419. The van der Waals surface area contributed by atoms with Gasteiger partial charge < -0.3 is 30.4 Å². The van der Waals surface area contributed by atoms with E-state index >= 15 is 0 Å². The van der Waals surface area contributed by atoms with Crippen molar-refractivity contribution in [3.8, 4) is 0 Å². The van der Waals surface area contributed by atoms with Crippen LogP contribution < -0.4 is 21.9 Å². The summed E-state index contributed by atoms with van der Waals surface area (Å²) in [4.78, 5) is 49.7. The predicted octanol–water partition coefficient (Wildman–Crippen LogP) is 1.69. The molecule has 3 rings (SSSR count). The number of hydrogen-bond donors (Lipinski definition) is 3. The summed E-state index contributed by atoms with van der Waals surface area (Å²) >= 11 is 5.95. The lowest BCUT2D eigenvalue weighted by Crippen LogP contribution is -2.45. The van der Waals surface area contributed by atoms with E-state index in [2.05, 4.69) is 10.6 Å². The second-order valence-corrected chi connectivity index (χ2v) is 7.54. The number of anilines is 2. The molecule has 0 aliphatic carbocycles. The van der Waals surface area contributed by atoms with Gasteiger partial charge in [-0.1, -0.05) is 11.6 Å². The molecular formula is C21H23ClN4O6. The van der Waals surface area contributed by atoms with Gasteiger partial charge in [0.15, 0.2) is 0 Å². The van der Waals surface area contributed by atoms with E-state index in [1.165, 1.54) is 48.0 Å². The van der Waals surface area contributed by atoms with Crippen LogP contribution in [-0.2, 0) is 19.1 Å². The van der Waals surface area contributed by atoms with Crippen molar-refractivity contribution in [2.75, 3.05) is 17.7 Å². The summed E-state index contributed by atoms with van der Waals surface area (Å²) in [5, 5.41) is 5.42. The summed E-state index contributed by atoms with van der Waals surface area (Å²) in [5.41, 5.74) is 5.60. The highest BCUT2D eigenvalue weighted by Crippen LogP contribution is 2.20. The molecule has 0 radical (unpaired) electrons. The SMILES string of the molecule is CCO[C@@H]1OC(=O)C[C@@H]1NC(=O)[C@H](C)n1cccc(NC(=O)c2ccc(N)c(Cl)c2)c1=O. The molecule has 2 amide bonds. The molecule has 10 nitrogen and oxygen atoms in total. The van der Waals surface area contributed by atoms with Gasteiger partial charge in [-0.15, -0.1) is 0 Å². The van der Waals surface area contributed by atoms with Crippen LogP contribution >= 0.6 is 11.6 Å². The molecule has 1 aliphatic heterocycles. The van der Waals surface area contributed by atoms with Crippen LogP contribution in [0.2, 0.25) is 5.02 Å². The fourth-order valence-electron chi connectivity index (χ4n) is 3.17. The molecule has 32 heavy (non-hydrogen) atoms. The number of pyridine rings is 1. The molecule has 0 spiro atoms. The number of carbonyl (C=O) groups is 3. The zero-order valence-corrected chi connectivity index (χ0v) is 18.2. The topological polar surface area (TPSA) is 142 Å². The fraction of sp³-hybridized carbons (Fsp3) is 0.333. The van der Waals surface area contributed by atoms with Crippen LogP contribution in [0, 0.1) is 0 Å². The number of nitrogen functional groups attached to an aromatic ring is 1. The number of carbonyl (C=O) groups excluding carboxylic acids is 3. The molecular weight excluding hydrogens is 440 g/mol. The third kappa shape index (κ3) is 5.09. The van der Waals surface area contributed by atoms with E-state index in [0.717, 1.165) is 0 Å². The van der Waals surface area contributed by atoms with Crippen molar-refractivity contribution < 1.29 is 23.9 Å². The maximum Gasteiger partial charge on any atom is 0.310 e. The van der Waals surface area contributed by atoms with Gasteiger partial charge >= 0.3 is 5.97 Å². The normalized spacial score (nSPS) is 18.7. The summed E-state index contributed by atoms with van der Waals surface area (Å²) in [6.45, 7) is 3.57. The molecule has 1 aromatic heterocycles. The summed E-state index contributed by atoms with van der Waals surface area (Å²) < 4.78 is 11.5. The maximum absolute atomic E-state index is 12.9. The van der Waals surface area contributed by atoms with E-state index in [-0.39, 0.29) is 22.7 Å². The minimum atomic E-state index is -0.928. The van der Waals surface area contributed by atoms with Crippen LogP contribution in [0.5, 0.6) is 0 Å². The molecule has 1 aliphatic rings. The Morgan fingerprint density at radius 1 is 1.34 bits per heavy atom. The Morgan fingerprint density at radius 3 is 2.78 bits per heavy atom. The standard InChI is InChI=1S/C21H23ClN4O6/c1-3-31-21-16(10-17(27)32-21)25-18(28)11(2)26-8-4-5-15(20(26)30)24-19(29)12-6-7-14(23)13(22)9-12/h4-9,11,16,21H,3,10,23H2,1-2H3,(H,24,29)(H,25,28)/t11-,16-,21+/m0/s1. The summed E-state index contributed by atoms with van der Waals surface area (Å²) in [5.74, 6) is -1.54. The van der Waals surface area contributed by atoms with Gasteiger partial charge in [0.25, 0.3) is 11.5 Å². The molecule has 3 atom stereocenters. The molecule has 1 saturated heterocycles. The van der Waals surface area contributed by atoms with Gasteiger partial charge in [-0.05, 0) is 44.2 Å². The largest absolute Gasteiger partial charge is 0.433 e. The number of nitrogens with zero attached hydrogens (tertiary/aromatic N) is 1. The number of ether oxygens (including phenoxy) is 2. The Balaban J connectivity index is 1.74. The summed E-state index contributed by atoms with van der Waals surface area (Å²) in [6, 6.07) is 5.73. The van der Waals surface area contributed by atoms with Crippen LogP contribution in [-0.4, -0.2) is 41.3 Å². The first-order valence-corrected chi connectivity index (χ1v) is 10.3. The number of nitrogens with two attached hydrogens (primary N) is 1. The zero-order valence-electron chi connectivity index (χ0n) is 17.5. The van der Waals surface area contributed by atoms with E-state index in [9.17, 15) is 19.2 Å². The third-order valence-electron chi connectivity index (χ3n) is 4.90. The minimum absolute atomic E-state index is 0.0170. The van der Waals surface area contributed by atoms with Crippen LogP contribution in [0.25, 0.3) is 0 Å². The summed E-state index contributed by atoms with van der Waals surface area (Å²) in [6.07, 6.45) is 0.523. The van der Waals surface area contributed by atoms with Crippen molar-refractivity contribution >= 4 is 40.8 Å². The van der Waals surface area contributed by atoms with Crippen molar-refractivity contribution in [1.82, 2.24) is 9.88 Å². The van der Waals surface area contributed by atoms with Crippen molar-refractivity contribution in [3.63, 3.8) is 0 Å². The molecule has 1 aromatic carbocycles. The highest BCUT2D eigenvalue weighted by atomic mass is 35.5. The number of amides is 2. The lowest BCUT2D eigenvalue weighted by Gasteiger charge is -2.21. The van der Waals surface area contributed by atoms with Gasteiger partial charge in [0, 0.05) is 18.4 Å². The molecule has 4 N–H and O–H groups in total. The van der Waals surface area contributed by atoms with Crippen molar-refractivity contribution in [3.05, 3.63) is 57.5 Å². The van der Waals surface area contributed by atoms with Gasteiger partial charge in [0.1, 0.15) is 17.8 Å². The molecule has 2 heterocycles. The zero-order chi connectivity index (χ0) is 23.4.